The molecule has 2 heterocycles. The molecule has 152 valence electrons. The predicted octanol–water partition coefficient (Wildman–Crippen LogP) is 2.96. The van der Waals surface area contributed by atoms with E-state index in [0.717, 1.165) is 57.1 Å². The molecule has 2 aromatic rings. The highest BCUT2D eigenvalue weighted by molar-refractivity contribution is 7.08. The number of hydrogen-bond acceptors (Lipinski definition) is 4. The molecular weight excluding hydrogens is 368 g/mol. The minimum absolute atomic E-state index is 0.335. The second-order valence-corrected chi connectivity index (χ2v) is 8.34. The molecular formula is C22H32N4OS. The van der Waals surface area contributed by atoms with Crippen molar-refractivity contribution in [1.82, 2.24) is 15.5 Å². The number of nitrogens with zero attached hydrogens (tertiary/aromatic N) is 2. The highest BCUT2D eigenvalue weighted by Gasteiger charge is 2.23. The molecule has 1 aliphatic heterocycles. The first kappa shape index (κ1) is 20.8. The quantitative estimate of drug-likeness (QED) is 0.362. The summed E-state index contributed by atoms with van der Waals surface area (Å²) in [7, 11) is 0. The molecule has 0 aliphatic carbocycles. The second kappa shape index (κ2) is 10.0. The van der Waals surface area contributed by atoms with Gasteiger partial charge in [-0.05, 0) is 60.2 Å². The van der Waals surface area contributed by atoms with E-state index in [-0.39, 0.29) is 0 Å². The third kappa shape index (κ3) is 5.80. The smallest absolute Gasteiger partial charge is 0.191 e. The molecule has 1 unspecified atom stereocenters. The first-order valence-electron chi connectivity index (χ1n) is 10.1. The number of rotatable bonds is 8. The third-order valence-electron chi connectivity index (χ3n) is 5.19. The zero-order valence-corrected chi connectivity index (χ0v) is 17.8. The van der Waals surface area contributed by atoms with E-state index >= 15 is 0 Å². The molecule has 0 saturated carbocycles. The summed E-state index contributed by atoms with van der Waals surface area (Å²) >= 11 is 1.59. The lowest BCUT2D eigenvalue weighted by Gasteiger charge is -2.28. The summed E-state index contributed by atoms with van der Waals surface area (Å²) in [5.41, 5.74) is 2.94. The first-order valence-corrected chi connectivity index (χ1v) is 11.1. The third-order valence-corrected chi connectivity index (χ3v) is 5.87. The Morgan fingerprint density at radius 3 is 2.82 bits per heavy atom. The van der Waals surface area contributed by atoms with E-state index in [2.05, 4.69) is 51.7 Å². The standard InChI is InChI=1S/C22H32N4OS/c1-3-23-21(25-17-22(2,27)20-10-14-28-16-20)24-11-6-12-26-13-9-18-7-4-5-8-19(18)15-26/h4-5,7-8,10,14,16,27H,3,6,9,11-13,15,17H2,1-2H3,(H2,23,24,25). The number of aliphatic hydroxyl groups is 1. The van der Waals surface area contributed by atoms with Crippen LogP contribution in [-0.2, 0) is 18.6 Å². The predicted molar refractivity (Wildman–Crippen MR) is 118 cm³/mol. The fourth-order valence-corrected chi connectivity index (χ4v) is 4.27. The average molecular weight is 401 g/mol. The molecule has 0 bridgehead atoms. The fourth-order valence-electron chi connectivity index (χ4n) is 3.49. The van der Waals surface area contributed by atoms with Crippen LogP contribution in [-0.4, -0.2) is 48.7 Å². The number of guanidine groups is 1. The molecule has 0 amide bonds. The number of benzene rings is 1. The van der Waals surface area contributed by atoms with Gasteiger partial charge in [-0.1, -0.05) is 24.3 Å². The maximum absolute atomic E-state index is 10.7. The fraction of sp³-hybridized carbons (Fsp3) is 0.500. The van der Waals surface area contributed by atoms with Gasteiger partial charge < -0.3 is 15.7 Å². The van der Waals surface area contributed by atoms with Crippen LogP contribution in [0, 0.1) is 0 Å². The van der Waals surface area contributed by atoms with E-state index in [0.29, 0.717) is 6.54 Å². The van der Waals surface area contributed by atoms with Gasteiger partial charge in [0.1, 0.15) is 5.60 Å². The van der Waals surface area contributed by atoms with Gasteiger partial charge in [0.15, 0.2) is 5.96 Å². The molecule has 3 rings (SSSR count). The van der Waals surface area contributed by atoms with Crippen molar-refractivity contribution in [3.8, 4) is 0 Å². The molecule has 6 heteroatoms. The van der Waals surface area contributed by atoms with Gasteiger partial charge in [-0.2, -0.15) is 11.3 Å². The Morgan fingerprint density at radius 2 is 2.07 bits per heavy atom. The molecule has 0 fully saturated rings. The van der Waals surface area contributed by atoms with Gasteiger partial charge in [-0.15, -0.1) is 0 Å². The topological polar surface area (TPSA) is 59.9 Å². The summed E-state index contributed by atoms with van der Waals surface area (Å²) < 4.78 is 0. The van der Waals surface area contributed by atoms with Crippen molar-refractivity contribution in [2.75, 3.05) is 32.7 Å². The summed E-state index contributed by atoms with van der Waals surface area (Å²) in [6.45, 7) is 9.13. The Morgan fingerprint density at radius 1 is 1.25 bits per heavy atom. The maximum atomic E-state index is 10.7. The van der Waals surface area contributed by atoms with Gasteiger partial charge in [0, 0.05) is 32.7 Å². The van der Waals surface area contributed by atoms with Crippen molar-refractivity contribution in [3.05, 3.63) is 57.8 Å². The molecule has 1 aromatic carbocycles. The lowest BCUT2D eigenvalue weighted by atomic mass is 10.00. The van der Waals surface area contributed by atoms with Gasteiger partial charge in [0.2, 0.25) is 0 Å². The van der Waals surface area contributed by atoms with Crippen LogP contribution in [0.2, 0.25) is 0 Å². The minimum atomic E-state index is -0.941. The molecule has 1 aliphatic rings. The molecule has 0 spiro atoms. The summed E-state index contributed by atoms with van der Waals surface area (Å²) in [6, 6.07) is 10.7. The van der Waals surface area contributed by atoms with Gasteiger partial charge >= 0.3 is 0 Å². The van der Waals surface area contributed by atoms with Crippen LogP contribution in [0.25, 0.3) is 0 Å². The number of aliphatic imine (C=N–C) groups is 1. The van der Waals surface area contributed by atoms with Crippen molar-refractivity contribution >= 4 is 17.3 Å². The summed E-state index contributed by atoms with van der Waals surface area (Å²) in [5.74, 6) is 0.766. The van der Waals surface area contributed by atoms with Crippen molar-refractivity contribution in [2.45, 2.75) is 38.8 Å². The Labute approximate surface area is 172 Å². The molecule has 0 saturated heterocycles. The van der Waals surface area contributed by atoms with Crippen LogP contribution in [0.15, 0.2) is 46.1 Å². The molecule has 1 aromatic heterocycles. The van der Waals surface area contributed by atoms with Crippen LogP contribution in [0.5, 0.6) is 0 Å². The van der Waals surface area contributed by atoms with Gasteiger partial charge in [0.05, 0.1) is 6.54 Å². The van der Waals surface area contributed by atoms with Crippen molar-refractivity contribution < 1.29 is 5.11 Å². The summed E-state index contributed by atoms with van der Waals surface area (Å²) in [5, 5.41) is 21.3. The van der Waals surface area contributed by atoms with Crippen LogP contribution in [0.1, 0.15) is 37.0 Å². The van der Waals surface area contributed by atoms with Gasteiger partial charge in [0.25, 0.3) is 0 Å². The highest BCUT2D eigenvalue weighted by Crippen LogP contribution is 2.23. The summed E-state index contributed by atoms with van der Waals surface area (Å²) in [4.78, 5) is 7.11. The largest absolute Gasteiger partial charge is 0.383 e. The Hall–Kier alpha value is -1.89. The van der Waals surface area contributed by atoms with E-state index in [1.54, 1.807) is 11.3 Å². The lowest BCUT2D eigenvalue weighted by molar-refractivity contribution is 0.0677. The number of hydrogen-bond donors (Lipinski definition) is 3. The molecule has 5 nitrogen and oxygen atoms in total. The average Bonchev–Trinajstić information content (AvgIpc) is 3.25. The Balaban J connectivity index is 1.44. The van der Waals surface area contributed by atoms with Crippen molar-refractivity contribution in [2.24, 2.45) is 4.99 Å². The zero-order valence-electron chi connectivity index (χ0n) is 16.9. The lowest BCUT2D eigenvalue weighted by Crippen LogP contribution is -2.40. The molecule has 1 atom stereocenters. The molecule has 28 heavy (non-hydrogen) atoms. The number of thiophene rings is 1. The monoisotopic (exact) mass is 400 g/mol. The Bertz CT molecular complexity index is 758. The van der Waals surface area contributed by atoms with Crippen molar-refractivity contribution in [3.63, 3.8) is 0 Å². The van der Waals surface area contributed by atoms with Crippen LogP contribution in [0.3, 0.4) is 0 Å². The first-order chi connectivity index (χ1) is 13.6. The second-order valence-electron chi connectivity index (χ2n) is 7.56. The molecule has 3 N–H and O–H groups in total. The normalized spacial score (nSPS) is 17.0. The SMILES string of the molecule is CCNC(=NCC(C)(O)c1ccsc1)NCCCN1CCc2ccccc2C1. The van der Waals surface area contributed by atoms with E-state index in [1.807, 2.05) is 23.8 Å². The van der Waals surface area contributed by atoms with Gasteiger partial charge in [-0.3, -0.25) is 4.90 Å². The van der Waals surface area contributed by atoms with E-state index in [9.17, 15) is 5.11 Å². The maximum Gasteiger partial charge on any atom is 0.191 e. The molecule has 0 radical (unpaired) electrons. The minimum Gasteiger partial charge on any atom is -0.383 e. The number of nitrogens with one attached hydrogen (secondary N) is 2. The van der Waals surface area contributed by atoms with Crippen LogP contribution in [0.4, 0.5) is 0 Å². The summed E-state index contributed by atoms with van der Waals surface area (Å²) in [6.07, 6.45) is 2.21. The van der Waals surface area contributed by atoms with E-state index < -0.39 is 5.60 Å². The zero-order chi connectivity index (χ0) is 19.8. The number of fused-ring (bicyclic) bond motifs is 1. The van der Waals surface area contributed by atoms with Crippen LogP contribution >= 0.6 is 11.3 Å². The van der Waals surface area contributed by atoms with Gasteiger partial charge in [-0.25, -0.2) is 4.99 Å². The Kier molecular flexibility index (Phi) is 7.48. The van der Waals surface area contributed by atoms with E-state index in [4.69, 9.17) is 0 Å². The van der Waals surface area contributed by atoms with E-state index in [1.165, 1.54) is 11.1 Å². The van der Waals surface area contributed by atoms with Crippen molar-refractivity contribution in [1.29, 1.82) is 0 Å². The van der Waals surface area contributed by atoms with Crippen LogP contribution < -0.4 is 10.6 Å². The highest BCUT2D eigenvalue weighted by atomic mass is 32.1.